The first-order valence-electron chi connectivity index (χ1n) is 12.3. The summed E-state index contributed by atoms with van der Waals surface area (Å²) < 4.78 is 55.6. The summed E-state index contributed by atoms with van der Waals surface area (Å²) in [5, 5.41) is 3.53. The lowest BCUT2D eigenvalue weighted by molar-refractivity contribution is -0.120. The quantitative estimate of drug-likeness (QED) is 0.345. The van der Waals surface area contributed by atoms with Gasteiger partial charge in [-0.2, -0.15) is 0 Å². The monoisotopic (exact) mass is 609 g/mol. The summed E-state index contributed by atoms with van der Waals surface area (Å²) in [6.07, 6.45) is 0.733. The molecule has 0 radical (unpaired) electrons. The van der Waals surface area contributed by atoms with Crippen LogP contribution in [-0.4, -0.2) is 40.1 Å². The lowest BCUT2D eigenvalue weighted by atomic mass is 9.97. The molecule has 0 unspecified atom stereocenters. The number of halogens is 2. The highest BCUT2D eigenvalue weighted by atomic mass is 35.5. The second-order valence-corrected chi connectivity index (χ2v) is 14.0. The standard InChI is InChI=1S/C27H29Cl2N3O5S2/c1-18-4-3-5-19(2)26(18)31-39(36,37)24-10-8-23(9-11-24)30-27(33)20-12-14-32(15-13-20)38(34,35)17-21-6-7-22(28)16-25(21)29/h3-11,16,20,31H,12-15,17H2,1-2H3,(H,30,33). The number of amides is 1. The number of piperidine rings is 1. The molecule has 3 aromatic carbocycles. The second kappa shape index (κ2) is 11.9. The summed E-state index contributed by atoms with van der Waals surface area (Å²) in [4.78, 5) is 12.9. The van der Waals surface area contributed by atoms with Crippen LogP contribution >= 0.6 is 23.2 Å². The highest BCUT2D eigenvalue weighted by Gasteiger charge is 2.31. The number of anilines is 2. The van der Waals surface area contributed by atoms with Crippen molar-refractivity contribution in [3.05, 3.63) is 87.4 Å². The van der Waals surface area contributed by atoms with E-state index in [0.717, 1.165) is 11.1 Å². The van der Waals surface area contributed by atoms with Gasteiger partial charge in [0.05, 0.1) is 16.3 Å². The third-order valence-corrected chi connectivity index (χ3v) is 10.5. The van der Waals surface area contributed by atoms with Crippen LogP contribution < -0.4 is 10.0 Å². The molecule has 0 atom stereocenters. The van der Waals surface area contributed by atoms with Gasteiger partial charge in [-0.15, -0.1) is 0 Å². The summed E-state index contributed by atoms with van der Waals surface area (Å²) in [6.45, 7) is 4.09. The van der Waals surface area contributed by atoms with Crippen molar-refractivity contribution in [2.24, 2.45) is 5.92 Å². The van der Waals surface area contributed by atoms with E-state index in [0.29, 0.717) is 39.8 Å². The van der Waals surface area contributed by atoms with Crippen molar-refractivity contribution in [1.82, 2.24) is 4.31 Å². The number of hydrogen-bond donors (Lipinski definition) is 2. The van der Waals surface area contributed by atoms with Crippen molar-refractivity contribution < 1.29 is 21.6 Å². The van der Waals surface area contributed by atoms with Gasteiger partial charge in [-0.05, 0) is 79.8 Å². The fourth-order valence-electron chi connectivity index (χ4n) is 4.45. The molecule has 8 nitrogen and oxygen atoms in total. The average molecular weight is 611 g/mol. The van der Waals surface area contributed by atoms with Crippen molar-refractivity contribution in [3.63, 3.8) is 0 Å². The molecule has 1 amide bonds. The van der Waals surface area contributed by atoms with Crippen LogP contribution in [0.3, 0.4) is 0 Å². The number of benzene rings is 3. The van der Waals surface area contributed by atoms with Gasteiger partial charge in [-0.25, -0.2) is 21.1 Å². The van der Waals surface area contributed by atoms with Crippen LogP contribution in [0.5, 0.6) is 0 Å². The molecule has 0 aliphatic carbocycles. The van der Waals surface area contributed by atoms with E-state index in [1.807, 2.05) is 32.0 Å². The third-order valence-electron chi connectivity index (χ3n) is 6.72. The van der Waals surface area contributed by atoms with Gasteiger partial charge >= 0.3 is 0 Å². The van der Waals surface area contributed by atoms with Crippen LogP contribution in [0.2, 0.25) is 10.0 Å². The van der Waals surface area contributed by atoms with Gasteiger partial charge in [-0.3, -0.25) is 9.52 Å². The van der Waals surface area contributed by atoms with E-state index in [2.05, 4.69) is 10.0 Å². The Morgan fingerprint density at radius 1 is 0.923 bits per heavy atom. The fourth-order valence-corrected chi connectivity index (χ4v) is 7.81. The molecule has 0 saturated carbocycles. The van der Waals surface area contributed by atoms with Crippen LogP contribution in [0.15, 0.2) is 65.6 Å². The molecule has 0 bridgehead atoms. The molecule has 1 aliphatic rings. The van der Waals surface area contributed by atoms with E-state index in [1.165, 1.54) is 34.6 Å². The van der Waals surface area contributed by atoms with Crippen LogP contribution in [0.25, 0.3) is 0 Å². The Kier molecular flexibility index (Phi) is 8.92. The van der Waals surface area contributed by atoms with Crippen LogP contribution in [0, 0.1) is 19.8 Å². The number of hydrogen-bond acceptors (Lipinski definition) is 5. The maximum Gasteiger partial charge on any atom is 0.261 e. The molecule has 0 aromatic heterocycles. The summed E-state index contributed by atoms with van der Waals surface area (Å²) in [5.74, 6) is -0.852. The molecule has 12 heteroatoms. The minimum atomic E-state index is -3.81. The van der Waals surface area contributed by atoms with Crippen molar-refractivity contribution in [2.45, 2.75) is 37.3 Å². The SMILES string of the molecule is Cc1cccc(C)c1NS(=O)(=O)c1ccc(NC(=O)C2CCN(S(=O)(=O)Cc3ccc(Cl)cc3Cl)CC2)cc1. The summed E-state index contributed by atoms with van der Waals surface area (Å²) in [7, 11) is -7.43. The van der Waals surface area contributed by atoms with Gasteiger partial charge in [0.25, 0.3) is 10.0 Å². The largest absolute Gasteiger partial charge is 0.326 e. The molecule has 2 N–H and O–H groups in total. The zero-order valence-electron chi connectivity index (χ0n) is 21.4. The van der Waals surface area contributed by atoms with Gasteiger partial charge in [0, 0.05) is 34.7 Å². The van der Waals surface area contributed by atoms with Crippen LogP contribution in [-0.2, 0) is 30.6 Å². The molecule has 4 rings (SSSR count). The third kappa shape index (κ3) is 7.12. The summed E-state index contributed by atoms with van der Waals surface area (Å²) in [6, 6.07) is 16.2. The fraction of sp³-hybridized carbons (Fsp3) is 0.296. The van der Waals surface area contributed by atoms with Crippen LogP contribution in [0.1, 0.15) is 29.5 Å². The van der Waals surface area contributed by atoms with Gasteiger partial charge in [0.2, 0.25) is 15.9 Å². The molecule has 1 saturated heterocycles. The van der Waals surface area contributed by atoms with E-state index < -0.39 is 20.0 Å². The number of sulfonamides is 2. The van der Waals surface area contributed by atoms with Gasteiger partial charge in [0.1, 0.15) is 0 Å². The highest BCUT2D eigenvalue weighted by molar-refractivity contribution is 7.92. The molecule has 39 heavy (non-hydrogen) atoms. The van der Waals surface area contributed by atoms with Gasteiger partial charge in [0.15, 0.2) is 0 Å². The minimum Gasteiger partial charge on any atom is -0.326 e. The Morgan fingerprint density at radius 3 is 2.13 bits per heavy atom. The smallest absolute Gasteiger partial charge is 0.261 e. The Morgan fingerprint density at radius 2 is 1.54 bits per heavy atom. The molecule has 208 valence electrons. The first kappa shape index (κ1) is 29.4. The second-order valence-electron chi connectivity index (χ2n) is 9.55. The number of carbonyl (C=O) groups excluding carboxylic acids is 1. The Labute approximate surface area is 239 Å². The molecule has 1 heterocycles. The normalized spacial score (nSPS) is 15.2. The Bertz CT molecular complexity index is 1570. The molecular weight excluding hydrogens is 581 g/mol. The van der Waals surface area contributed by atoms with Crippen molar-refractivity contribution in [3.8, 4) is 0 Å². The zero-order valence-corrected chi connectivity index (χ0v) is 24.6. The molecular formula is C27H29Cl2N3O5S2. The predicted octanol–water partition coefficient (Wildman–Crippen LogP) is 5.59. The first-order chi connectivity index (χ1) is 18.4. The van der Waals surface area contributed by atoms with E-state index in [4.69, 9.17) is 23.2 Å². The van der Waals surface area contributed by atoms with Gasteiger partial charge < -0.3 is 5.32 Å². The number of rotatable bonds is 8. The summed E-state index contributed by atoms with van der Waals surface area (Å²) in [5.41, 5.74) is 3.10. The van der Waals surface area contributed by atoms with Gasteiger partial charge in [-0.1, -0.05) is 47.5 Å². The maximum atomic E-state index is 12.9. The van der Waals surface area contributed by atoms with Crippen molar-refractivity contribution in [2.75, 3.05) is 23.1 Å². The molecule has 1 aliphatic heterocycles. The van der Waals surface area contributed by atoms with Crippen molar-refractivity contribution in [1.29, 1.82) is 0 Å². The molecule has 0 spiro atoms. The highest BCUT2D eigenvalue weighted by Crippen LogP contribution is 2.28. The number of nitrogens with zero attached hydrogens (tertiary/aromatic N) is 1. The topological polar surface area (TPSA) is 113 Å². The van der Waals surface area contributed by atoms with E-state index in [1.54, 1.807) is 12.1 Å². The Balaban J connectivity index is 1.33. The lowest BCUT2D eigenvalue weighted by Crippen LogP contribution is -2.41. The molecule has 3 aromatic rings. The van der Waals surface area contributed by atoms with E-state index in [9.17, 15) is 21.6 Å². The number of nitrogens with one attached hydrogen (secondary N) is 2. The van der Waals surface area contributed by atoms with E-state index >= 15 is 0 Å². The Hall–Kier alpha value is -2.63. The number of aryl methyl sites for hydroxylation is 2. The zero-order chi connectivity index (χ0) is 28.4. The predicted molar refractivity (Wildman–Crippen MR) is 155 cm³/mol. The lowest BCUT2D eigenvalue weighted by Gasteiger charge is -2.30. The maximum absolute atomic E-state index is 12.9. The van der Waals surface area contributed by atoms with Crippen molar-refractivity contribution >= 4 is 60.5 Å². The van der Waals surface area contributed by atoms with E-state index in [-0.39, 0.29) is 35.6 Å². The van der Waals surface area contributed by atoms with Crippen LogP contribution in [0.4, 0.5) is 11.4 Å². The minimum absolute atomic E-state index is 0.0717. The molecule has 1 fully saturated rings. The number of carbonyl (C=O) groups is 1. The number of para-hydroxylation sites is 1. The summed E-state index contributed by atoms with van der Waals surface area (Å²) >= 11 is 12.0. The average Bonchev–Trinajstić information content (AvgIpc) is 2.88. The first-order valence-corrected chi connectivity index (χ1v) is 16.1.